The van der Waals surface area contributed by atoms with E-state index in [0.29, 0.717) is 10.7 Å². The highest BCUT2D eigenvalue weighted by molar-refractivity contribution is 6.44. The lowest BCUT2D eigenvalue weighted by atomic mass is 10.2. The van der Waals surface area contributed by atoms with Gasteiger partial charge in [0.15, 0.2) is 6.10 Å². The molecule has 114 valence electrons. The fraction of sp³-hybridized carbons (Fsp3) is 0.133. The number of benzene rings is 1. The molecule has 0 aliphatic carbocycles. The summed E-state index contributed by atoms with van der Waals surface area (Å²) in [5, 5.41) is 3.10. The van der Waals surface area contributed by atoms with Crippen LogP contribution in [0.2, 0.25) is 10.0 Å². The molecule has 1 aromatic heterocycles. The van der Waals surface area contributed by atoms with Crippen molar-refractivity contribution in [1.29, 1.82) is 0 Å². The first kappa shape index (κ1) is 16.3. The Bertz CT molecular complexity index is 692. The lowest BCUT2D eigenvalue weighted by molar-refractivity contribution is -0.123. The molecule has 0 spiro atoms. The molecule has 0 saturated heterocycles. The molecule has 1 atom stereocenters. The second kappa shape index (κ2) is 7.24. The Kier molecular flexibility index (Phi) is 5.35. The van der Waals surface area contributed by atoms with E-state index in [1.54, 1.807) is 30.3 Å². The van der Waals surface area contributed by atoms with E-state index < -0.39 is 18.0 Å². The fourth-order valence-electron chi connectivity index (χ4n) is 1.60. The Morgan fingerprint density at radius 3 is 2.68 bits per heavy atom. The van der Waals surface area contributed by atoms with Gasteiger partial charge in [0.25, 0.3) is 5.91 Å². The van der Waals surface area contributed by atoms with Crippen molar-refractivity contribution in [2.24, 2.45) is 0 Å². The van der Waals surface area contributed by atoms with E-state index >= 15 is 0 Å². The maximum absolute atomic E-state index is 12.0. The van der Waals surface area contributed by atoms with E-state index in [1.807, 2.05) is 0 Å². The topological polar surface area (TPSA) is 68.3 Å². The highest BCUT2D eigenvalue weighted by atomic mass is 35.5. The van der Waals surface area contributed by atoms with E-state index in [9.17, 15) is 9.59 Å². The molecule has 7 heteroatoms. The van der Waals surface area contributed by atoms with Crippen molar-refractivity contribution in [2.45, 2.75) is 13.0 Å². The molecule has 0 fully saturated rings. The monoisotopic (exact) mass is 338 g/mol. The molecule has 1 N–H and O–H groups in total. The Labute approximate surface area is 137 Å². The third-order valence-electron chi connectivity index (χ3n) is 2.76. The van der Waals surface area contributed by atoms with E-state index in [1.165, 1.54) is 19.3 Å². The zero-order chi connectivity index (χ0) is 16.1. The minimum Gasteiger partial charge on any atom is -0.449 e. The van der Waals surface area contributed by atoms with Gasteiger partial charge in [-0.25, -0.2) is 4.79 Å². The van der Waals surface area contributed by atoms with Crippen molar-refractivity contribution < 1.29 is 14.3 Å². The van der Waals surface area contributed by atoms with Crippen molar-refractivity contribution in [1.82, 2.24) is 4.98 Å². The SMILES string of the molecule is CC(OC(=O)c1cccnc1)C(=O)Nc1cccc(Cl)c1Cl. The lowest BCUT2D eigenvalue weighted by Crippen LogP contribution is -2.30. The number of amides is 1. The number of carbonyl (C=O) groups excluding carboxylic acids is 2. The van der Waals surface area contributed by atoms with Crippen LogP contribution in [0, 0.1) is 0 Å². The van der Waals surface area contributed by atoms with Gasteiger partial charge in [-0.3, -0.25) is 9.78 Å². The molecular weight excluding hydrogens is 327 g/mol. The van der Waals surface area contributed by atoms with Gasteiger partial charge in [0.1, 0.15) is 0 Å². The Morgan fingerprint density at radius 2 is 2.00 bits per heavy atom. The zero-order valence-electron chi connectivity index (χ0n) is 11.5. The average molecular weight is 339 g/mol. The Balaban J connectivity index is 2.01. The van der Waals surface area contributed by atoms with Crippen molar-refractivity contribution in [3.05, 3.63) is 58.3 Å². The van der Waals surface area contributed by atoms with E-state index in [0.717, 1.165) is 0 Å². The van der Waals surface area contributed by atoms with Gasteiger partial charge in [-0.1, -0.05) is 29.3 Å². The van der Waals surface area contributed by atoms with Crippen LogP contribution in [0.3, 0.4) is 0 Å². The maximum Gasteiger partial charge on any atom is 0.340 e. The molecule has 0 bridgehead atoms. The quantitative estimate of drug-likeness (QED) is 0.865. The molecule has 5 nitrogen and oxygen atoms in total. The molecule has 2 aromatic rings. The second-order valence-electron chi connectivity index (χ2n) is 4.38. The molecule has 2 rings (SSSR count). The van der Waals surface area contributed by atoms with Gasteiger partial charge in [-0.05, 0) is 31.2 Å². The van der Waals surface area contributed by atoms with Crippen molar-refractivity contribution in [3.8, 4) is 0 Å². The van der Waals surface area contributed by atoms with Gasteiger partial charge >= 0.3 is 5.97 Å². The van der Waals surface area contributed by atoms with E-state index in [-0.39, 0.29) is 10.6 Å². The van der Waals surface area contributed by atoms with Crippen molar-refractivity contribution in [3.63, 3.8) is 0 Å². The summed E-state index contributed by atoms with van der Waals surface area (Å²) >= 11 is 11.8. The molecule has 22 heavy (non-hydrogen) atoms. The molecule has 0 aliphatic rings. The number of nitrogens with one attached hydrogen (secondary N) is 1. The Hall–Kier alpha value is -2.11. The molecule has 1 aromatic carbocycles. The molecule has 1 amide bonds. The first-order chi connectivity index (χ1) is 10.5. The van der Waals surface area contributed by atoms with Crippen LogP contribution < -0.4 is 5.32 Å². The third kappa shape index (κ3) is 3.96. The summed E-state index contributed by atoms with van der Waals surface area (Å²) in [4.78, 5) is 27.7. The maximum atomic E-state index is 12.0. The van der Waals surface area contributed by atoms with Crippen LogP contribution in [-0.4, -0.2) is 23.0 Å². The van der Waals surface area contributed by atoms with Gasteiger partial charge in [0.2, 0.25) is 0 Å². The fourth-order valence-corrected chi connectivity index (χ4v) is 1.95. The minimum absolute atomic E-state index is 0.225. The first-order valence-electron chi connectivity index (χ1n) is 6.35. The number of hydrogen-bond donors (Lipinski definition) is 1. The third-order valence-corrected chi connectivity index (χ3v) is 3.58. The molecule has 1 unspecified atom stereocenters. The smallest absolute Gasteiger partial charge is 0.340 e. The lowest BCUT2D eigenvalue weighted by Gasteiger charge is -2.14. The van der Waals surface area contributed by atoms with Crippen LogP contribution in [0.25, 0.3) is 0 Å². The number of hydrogen-bond acceptors (Lipinski definition) is 4. The molecule has 0 radical (unpaired) electrons. The standard InChI is InChI=1S/C15H12Cl2N2O3/c1-9(22-15(21)10-4-3-7-18-8-10)14(20)19-12-6-2-5-11(16)13(12)17/h2-9H,1H3,(H,19,20). The molecule has 0 saturated carbocycles. The molecule has 0 aliphatic heterocycles. The number of pyridine rings is 1. The summed E-state index contributed by atoms with van der Waals surface area (Å²) in [5.41, 5.74) is 0.617. The van der Waals surface area contributed by atoms with Gasteiger partial charge in [-0.2, -0.15) is 0 Å². The number of esters is 1. The van der Waals surface area contributed by atoms with Gasteiger partial charge in [0.05, 0.1) is 21.3 Å². The average Bonchev–Trinajstić information content (AvgIpc) is 2.52. The summed E-state index contributed by atoms with van der Waals surface area (Å²) in [6.07, 6.45) is 1.90. The van der Waals surface area contributed by atoms with Gasteiger partial charge in [-0.15, -0.1) is 0 Å². The minimum atomic E-state index is -0.997. The summed E-state index contributed by atoms with van der Waals surface area (Å²) in [5.74, 6) is -1.14. The van der Waals surface area contributed by atoms with Crippen molar-refractivity contribution >= 4 is 40.8 Å². The molecule has 1 heterocycles. The second-order valence-corrected chi connectivity index (χ2v) is 5.17. The van der Waals surface area contributed by atoms with Gasteiger partial charge < -0.3 is 10.1 Å². The van der Waals surface area contributed by atoms with Crippen LogP contribution in [0.4, 0.5) is 5.69 Å². The van der Waals surface area contributed by atoms with E-state index in [4.69, 9.17) is 27.9 Å². The summed E-state index contributed by atoms with van der Waals surface area (Å²) < 4.78 is 5.07. The number of aromatic nitrogens is 1. The number of carbonyl (C=O) groups is 2. The normalized spacial score (nSPS) is 11.6. The van der Waals surface area contributed by atoms with Crippen LogP contribution in [0.15, 0.2) is 42.7 Å². The number of halogens is 2. The Morgan fingerprint density at radius 1 is 1.23 bits per heavy atom. The van der Waals surface area contributed by atoms with Gasteiger partial charge in [0, 0.05) is 12.4 Å². The van der Waals surface area contributed by atoms with Crippen molar-refractivity contribution in [2.75, 3.05) is 5.32 Å². The van der Waals surface area contributed by atoms with Crippen LogP contribution in [-0.2, 0) is 9.53 Å². The molecular formula is C15H12Cl2N2O3. The predicted molar refractivity (Wildman–Crippen MR) is 84.2 cm³/mol. The summed E-state index contributed by atoms with van der Waals surface area (Å²) in [7, 11) is 0. The highest BCUT2D eigenvalue weighted by Crippen LogP contribution is 2.29. The predicted octanol–water partition coefficient (Wildman–Crippen LogP) is 3.57. The number of nitrogens with zero attached hydrogens (tertiary/aromatic N) is 1. The summed E-state index contributed by atoms with van der Waals surface area (Å²) in [6, 6.07) is 8.00. The number of rotatable bonds is 4. The van der Waals surface area contributed by atoms with Crippen LogP contribution in [0.1, 0.15) is 17.3 Å². The number of ether oxygens (including phenoxy) is 1. The highest BCUT2D eigenvalue weighted by Gasteiger charge is 2.20. The largest absolute Gasteiger partial charge is 0.449 e. The zero-order valence-corrected chi connectivity index (χ0v) is 13.1. The summed E-state index contributed by atoms with van der Waals surface area (Å²) in [6.45, 7) is 1.46. The van der Waals surface area contributed by atoms with E-state index in [2.05, 4.69) is 10.3 Å². The van der Waals surface area contributed by atoms with Crippen LogP contribution in [0.5, 0.6) is 0 Å². The van der Waals surface area contributed by atoms with Crippen LogP contribution >= 0.6 is 23.2 Å². The number of anilines is 1. The first-order valence-corrected chi connectivity index (χ1v) is 7.10.